The second-order valence-corrected chi connectivity index (χ2v) is 9.03. The van der Waals surface area contributed by atoms with E-state index in [-0.39, 0.29) is 18.2 Å². The fourth-order valence-corrected chi connectivity index (χ4v) is 4.74. The molecule has 2 aliphatic rings. The minimum Gasteiger partial charge on any atom is -0.497 e. The average Bonchev–Trinajstić information content (AvgIpc) is 3.36. The van der Waals surface area contributed by atoms with Crippen LogP contribution in [-0.2, 0) is 22.6 Å². The van der Waals surface area contributed by atoms with Crippen LogP contribution < -0.4 is 15.0 Å². The molecule has 176 valence electrons. The SMILES string of the molecule is COc1cccc(N2CC(C(=O)Nc3cc(-c4nnc5n4CCCCC5)ccc3C)CC2=O)c1. The second-order valence-electron chi connectivity index (χ2n) is 9.03. The highest BCUT2D eigenvalue weighted by atomic mass is 16.5. The highest BCUT2D eigenvalue weighted by Crippen LogP contribution is 2.30. The van der Waals surface area contributed by atoms with Crippen LogP contribution in [0.3, 0.4) is 0 Å². The third kappa shape index (κ3) is 4.27. The van der Waals surface area contributed by atoms with Crippen LogP contribution >= 0.6 is 0 Å². The molecule has 1 aromatic heterocycles. The molecule has 8 heteroatoms. The van der Waals surface area contributed by atoms with E-state index in [9.17, 15) is 9.59 Å². The molecule has 1 saturated heterocycles. The molecule has 0 bridgehead atoms. The van der Waals surface area contributed by atoms with Crippen molar-refractivity contribution in [1.29, 1.82) is 0 Å². The Hall–Kier alpha value is -3.68. The molecule has 34 heavy (non-hydrogen) atoms. The van der Waals surface area contributed by atoms with Gasteiger partial charge < -0.3 is 19.5 Å². The van der Waals surface area contributed by atoms with Crippen LogP contribution in [0.15, 0.2) is 42.5 Å². The molecule has 0 saturated carbocycles. The predicted octanol–water partition coefficient (Wildman–Crippen LogP) is 3.98. The molecule has 1 fully saturated rings. The number of fused-ring (bicyclic) bond motifs is 1. The van der Waals surface area contributed by atoms with Crippen LogP contribution in [0.1, 0.15) is 37.1 Å². The number of nitrogens with zero attached hydrogens (tertiary/aromatic N) is 4. The van der Waals surface area contributed by atoms with Crippen molar-refractivity contribution >= 4 is 23.2 Å². The van der Waals surface area contributed by atoms with Crippen LogP contribution in [0.25, 0.3) is 11.4 Å². The molecular weight excluding hydrogens is 430 g/mol. The number of amides is 2. The summed E-state index contributed by atoms with van der Waals surface area (Å²) >= 11 is 0. The first-order valence-corrected chi connectivity index (χ1v) is 11.8. The van der Waals surface area contributed by atoms with Crippen molar-refractivity contribution in [2.75, 3.05) is 23.9 Å². The number of anilines is 2. The third-order valence-corrected chi connectivity index (χ3v) is 6.72. The third-order valence-electron chi connectivity index (χ3n) is 6.72. The van der Waals surface area contributed by atoms with Crippen molar-refractivity contribution in [3.8, 4) is 17.1 Å². The number of rotatable bonds is 5. The zero-order chi connectivity index (χ0) is 23.7. The maximum Gasteiger partial charge on any atom is 0.229 e. The smallest absolute Gasteiger partial charge is 0.229 e. The number of methoxy groups -OCH3 is 1. The summed E-state index contributed by atoms with van der Waals surface area (Å²) < 4.78 is 7.47. The second kappa shape index (κ2) is 9.29. The van der Waals surface area contributed by atoms with Gasteiger partial charge in [0.1, 0.15) is 11.6 Å². The summed E-state index contributed by atoms with van der Waals surface area (Å²) in [6.45, 7) is 3.22. The minimum absolute atomic E-state index is 0.0648. The van der Waals surface area contributed by atoms with Gasteiger partial charge in [0.15, 0.2) is 5.82 Å². The highest BCUT2D eigenvalue weighted by Gasteiger charge is 2.35. The van der Waals surface area contributed by atoms with Crippen LogP contribution in [-0.4, -0.2) is 40.2 Å². The molecule has 8 nitrogen and oxygen atoms in total. The predicted molar refractivity (Wildman–Crippen MR) is 130 cm³/mol. The summed E-state index contributed by atoms with van der Waals surface area (Å²) in [6.07, 6.45) is 4.58. The Balaban J connectivity index is 1.33. The molecule has 2 amide bonds. The lowest BCUT2D eigenvalue weighted by Crippen LogP contribution is -2.28. The lowest BCUT2D eigenvalue weighted by molar-refractivity contribution is -0.122. The van der Waals surface area contributed by atoms with Crippen molar-refractivity contribution in [3.63, 3.8) is 0 Å². The van der Waals surface area contributed by atoms with Crippen LogP contribution in [0.5, 0.6) is 5.75 Å². The van der Waals surface area contributed by atoms with Gasteiger partial charge in [0.25, 0.3) is 0 Å². The Labute approximate surface area is 198 Å². The first kappa shape index (κ1) is 22.1. The van der Waals surface area contributed by atoms with Gasteiger partial charge in [-0.25, -0.2) is 0 Å². The summed E-state index contributed by atoms with van der Waals surface area (Å²) in [5.41, 5.74) is 3.37. The summed E-state index contributed by atoms with van der Waals surface area (Å²) in [4.78, 5) is 27.5. The molecule has 0 radical (unpaired) electrons. The first-order valence-electron chi connectivity index (χ1n) is 11.8. The Kier molecular flexibility index (Phi) is 6.04. The van der Waals surface area contributed by atoms with E-state index in [1.807, 2.05) is 49.4 Å². The van der Waals surface area contributed by atoms with Gasteiger partial charge in [0.05, 0.1) is 13.0 Å². The summed E-state index contributed by atoms with van der Waals surface area (Å²) in [5, 5.41) is 11.9. The maximum atomic E-state index is 13.1. The number of ether oxygens (including phenoxy) is 1. The standard InChI is InChI=1S/C26H29N5O3/c1-17-10-11-18(25-29-28-23-9-4-3-5-12-30(23)25)13-22(17)27-26(33)19-14-24(32)31(16-19)20-7-6-8-21(15-20)34-2/h6-8,10-11,13,15,19H,3-5,9,12,14,16H2,1-2H3,(H,27,33). The molecule has 2 aromatic carbocycles. The number of carbonyl (C=O) groups is 2. The zero-order valence-corrected chi connectivity index (χ0v) is 19.6. The Morgan fingerprint density at radius 2 is 2.00 bits per heavy atom. The molecule has 0 spiro atoms. The van der Waals surface area contributed by atoms with Gasteiger partial charge in [0, 0.05) is 48.9 Å². The lowest BCUT2D eigenvalue weighted by atomic mass is 10.1. The summed E-state index contributed by atoms with van der Waals surface area (Å²) in [5.74, 6) is 1.90. The van der Waals surface area contributed by atoms with E-state index < -0.39 is 5.92 Å². The Morgan fingerprint density at radius 3 is 2.85 bits per heavy atom. The first-order chi connectivity index (χ1) is 16.5. The van der Waals surface area contributed by atoms with E-state index in [1.165, 1.54) is 6.42 Å². The molecule has 1 unspecified atom stereocenters. The fourth-order valence-electron chi connectivity index (χ4n) is 4.74. The monoisotopic (exact) mass is 459 g/mol. The quantitative estimate of drug-likeness (QED) is 0.623. The van der Waals surface area contributed by atoms with Gasteiger partial charge in [-0.2, -0.15) is 0 Å². The Bertz CT molecular complexity index is 1230. The number of aryl methyl sites for hydroxylation is 2. The number of hydrogen-bond donors (Lipinski definition) is 1. The van der Waals surface area contributed by atoms with Gasteiger partial charge >= 0.3 is 0 Å². The van der Waals surface area contributed by atoms with E-state index in [0.717, 1.165) is 60.0 Å². The number of hydrogen-bond acceptors (Lipinski definition) is 5. The highest BCUT2D eigenvalue weighted by molar-refractivity contribution is 6.04. The summed E-state index contributed by atoms with van der Waals surface area (Å²) in [6, 6.07) is 13.3. The van der Waals surface area contributed by atoms with Crippen molar-refractivity contribution < 1.29 is 14.3 Å². The molecule has 5 rings (SSSR count). The van der Waals surface area contributed by atoms with Gasteiger partial charge in [0.2, 0.25) is 11.8 Å². The van der Waals surface area contributed by atoms with E-state index in [4.69, 9.17) is 4.74 Å². The van der Waals surface area contributed by atoms with Crippen LogP contribution in [0.4, 0.5) is 11.4 Å². The van der Waals surface area contributed by atoms with Gasteiger partial charge in [-0.15, -0.1) is 10.2 Å². The number of benzene rings is 2. The van der Waals surface area contributed by atoms with Gasteiger partial charge in [-0.05, 0) is 43.5 Å². The zero-order valence-electron chi connectivity index (χ0n) is 19.6. The molecule has 0 aliphatic carbocycles. The minimum atomic E-state index is -0.425. The van der Waals surface area contributed by atoms with Crippen molar-refractivity contribution in [1.82, 2.24) is 14.8 Å². The van der Waals surface area contributed by atoms with Crippen LogP contribution in [0, 0.1) is 12.8 Å². The largest absolute Gasteiger partial charge is 0.497 e. The van der Waals surface area contributed by atoms with Crippen molar-refractivity contribution in [3.05, 3.63) is 53.9 Å². The number of aromatic nitrogens is 3. The molecule has 3 aromatic rings. The molecule has 3 heterocycles. The molecule has 2 aliphatic heterocycles. The van der Waals surface area contributed by atoms with E-state index in [0.29, 0.717) is 12.3 Å². The van der Waals surface area contributed by atoms with Gasteiger partial charge in [-0.1, -0.05) is 24.6 Å². The molecular formula is C26H29N5O3. The molecule has 1 atom stereocenters. The number of carbonyl (C=O) groups excluding carboxylic acids is 2. The topological polar surface area (TPSA) is 89.3 Å². The average molecular weight is 460 g/mol. The van der Waals surface area contributed by atoms with Gasteiger partial charge in [-0.3, -0.25) is 9.59 Å². The summed E-state index contributed by atoms with van der Waals surface area (Å²) in [7, 11) is 1.59. The van der Waals surface area contributed by atoms with E-state index in [1.54, 1.807) is 12.0 Å². The van der Waals surface area contributed by atoms with Crippen molar-refractivity contribution in [2.45, 2.75) is 45.6 Å². The van der Waals surface area contributed by atoms with Crippen molar-refractivity contribution in [2.24, 2.45) is 5.92 Å². The molecule has 1 N–H and O–H groups in total. The number of nitrogens with one attached hydrogen (secondary N) is 1. The van der Waals surface area contributed by atoms with E-state index >= 15 is 0 Å². The Morgan fingerprint density at radius 1 is 1.12 bits per heavy atom. The lowest BCUT2D eigenvalue weighted by Gasteiger charge is -2.18. The van der Waals surface area contributed by atoms with E-state index in [2.05, 4.69) is 20.1 Å². The maximum absolute atomic E-state index is 13.1. The fraction of sp³-hybridized carbons (Fsp3) is 0.385. The normalized spacial score (nSPS) is 17.9. The van der Waals surface area contributed by atoms with Crippen LogP contribution in [0.2, 0.25) is 0 Å².